The molecule has 29 heavy (non-hydrogen) atoms. The molecule has 0 aliphatic heterocycles. The molecule has 1 aromatic heterocycles. The van der Waals surface area contributed by atoms with Gasteiger partial charge in [0, 0.05) is 31.0 Å². The second kappa shape index (κ2) is 11.6. The molecule has 2 rings (SSSR count). The molecule has 0 radical (unpaired) electrons. The minimum absolute atomic E-state index is 0.226. The normalized spacial score (nSPS) is 13.0. The van der Waals surface area contributed by atoms with Gasteiger partial charge < -0.3 is 15.7 Å². The molecule has 2 aromatic rings. The third-order valence-electron chi connectivity index (χ3n) is 5.08. The molecule has 0 fully saturated rings. The molecular formula is C23H37N5O. The first-order chi connectivity index (χ1) is 14.0. The lowest BCUT2D eigenvalue weighted by Crippen LogP contribution is -2.40. The van der Waals surface area contributed by atoms with Gasteiger partial charge in [-0.3, -0.25) is 0 Å². The Morgan fingerprint density at radius 3 is 2.52 bits per heavy atom. The fourth-order valence-corrected chi connectivity index (χ4v) is 3.62. The molecule has 1 unspecified atom stereocenters. The van der Waals surface area contributed by atoms with Gasteiger partial charge in [-0.25, -0.2) is 9.67 Å². The van der Waals surface area contributed by atoms with E-state index in [1.54, 1.807) is 0 Å². The maximum Gasteiger partial charge on any atom is 0.191 e. The van der Waals surface area contributed by atoms with Crippen molar-refractivity contribution in [1.82, 2.24) is 20.4 Å². The standard InChI is InChI=1S/C23H37N5O/c1-6-24-23(25-15-20(12-13-29)14-17(2)3)26-16-22-18(4)27-28(19(22)5)21-10-8-7-9-11-21/h7-11,17,20,29H,6,12-16H2,1-5H3,(H2,24,25,26). The van der Waals surface area contributed by atoms with Crippen molar-refractivity contribution in [2.45, 2.75) is 54.0 Å². The Bertz CT molecular complexity index is 767. The molecule has 6 heteroatoms. The fraction of sp³-hybridized carbons (Fsp3) is 0.565. The number of aliphatic hydroxyl groups is 1. The molecule has 0 amide bonds. The van der Waals surface area contributed by atoms with E-state index in [4.69, 9.17) is 10.1 Å². The van der Waals surface area contributed by atoms with Crippen molar-refractivity contribution in [3.05, 3.63) is 47.3 Å². The topological polar surface area (TPSA) is 74.5 Å². The van der Waals surface area contributed by atoms with E-state index >= 15 is 0 Å². The van der Waals surface area contributed by atoms with Crippen molar-refractivity contribution in [2.75, 3.05) is 19.7 Å². The average Bonchev–Trinajstić information content (AvgIpc) is 2.98. The predicted molar refractivity (Wildman–Crippen MR) is 121 cm³/mol. The van der Waals surface area contributed by atoms with Gasteiger partial charge in [0.2, 0.25) is 0 Å². The molecular weight excluding hydrogens is 362 g/mol. The third kappa shape index (κ3) is 6.89. The summed E-state index contributed by atoms with van der Waals surface area (Å²) in [5.74, 6) is 1.86. The van der Waals surface area contributed by atoms with Crippen LogP contribution in [0.5, 0.6) is 0 Å². The summed E-state index contributed by atoms with van der Waals surface area (Å²) in [5.41, 5.74) is 4.34. The van der Waals surface area contributed by atoms with Crippen molar-refractivity contribution < 1.29 is 5.11 Å². The van der Waals surface area contributed by atoms with Crippen LogP contribution in [0.4, 0.5) is 0 Å². The second-order valence-electron chi connectivity index (χ2n) is 7.98. The van der Waals surface area contributed by atoms with Gasteiger partial charge in [0.25, 0.3) is 0 Å². The lowest BCUT2D eigenvalue weighted by Gasteiger charge is -2.20. The van der Waals surface area contributed by atoms with Crippen LogP contribution in [0.1, 0.15) is 50.6 Å². The number of nitrogens with zero attached hydrogens (tertiary/aromatic N) is 3. The van der Waals surface area contributed by atoms with Gasteiger partial charge in [-0.15, -0.1) is 0 Å². The van der Waals surface area contributed by atoms with E-state index in [2.05, 4.69) is 50.5 Å². The molecule has 1 heterocycles. The van der Waals surface area contributed by atoms with Crippen LogP contribution in [-0.2, 0) is 6.54 Å². The fourth-order valence-electron chi connectivity index (χ4n) is 3.62. The summed E-state index contributed by atoms with van der Waals surface area (Å²) in [7, 11) is 0. The summed E-state index contributed by atoms with van der Waals surface area (Å²) >= 11 is 0. The average molecular weight is 400 g/mol. The summed E-state index contributed by atoms with van der Waals surface area (Å²) in [6, 6.07) is 10.2. The van der Waals surface area contributed by atoms with Crippen molar-refractivity contribution >= 4 is 5.96 Å². The number of hydrogen-bond donors (Lipinski definition) is 3. The number of aliphatic hydroxyl groups excluding tert-OH is 1. The van der Waals surface area contributed by atoms with E-state index in [0.29, 0.717) is 18.4 Å². The number of para-hydroxylation sites is 1. The van der Waals surface area contributed by atoms with E-state index in [1.807, 2.05) is 29.8 Å². The van der Waals surface area contributed by atoms with E-state index in [9.17, 15) is 5.11 Å². The summed E-state index contributed by atoms with van der Waals surface area (Å²) in [4.78, 5) is 4.80. The molecule has 0 aliphatic carbocycles. The van der Waals surface area contributed by atoms with E-state index in [1.165, 1.54) is 0 Å². The number of aliphatic imine (C=N–C) groups is 1. The molecule has 0 aliphatic rings. The Kier molecular flexibility index (Phi) is 9.19. The van der Waals surface area contributed by atoms with Crippen LogP contribution in [0.2, 0.25) is 0 Å². The van der Waals surface area contributed by atoms with Crippen LogP contribution >= 0.6 is 0 Å². The zero-order valence-electron chi connectivity index (χ0n) is 18.6. The zero-order chi connectivity index (χ0) is 21.2. The minimum Gasteiger partial charge on any atom is -0.396 e. The van der Waals surface area contributed by atoms with Crippen molar-refractivity contribution in [3.63, 3.8) is 0 Å². The van der Waals surface area contributed by atoms with E-state index in [-0.39, 0.29) is 6.61 Å². The Morgan fingerprint density at radius 2 is 1.90 bits per heavy atom. The van der Waals surface area contributed by atoms with Crippen LogP contribution in [-0.4, -0.2) is 40.5 Å². The van der Waals surface area contributed by atoms with Gasteiger partial charge >= 0.3 is 0 Å². The maximum absolute atomic E-state index is 9.34. The number of aromatic nitrogens is 2. The Hall–Kier alpha value is -2.34. The van der Waals surface area contributed by atoms with Crippen molar-refractivity contribution in [1.29, 1.82) is 0 Å². The van der Waals surface area contributed by atoms with Gasteiger partial charge in [-0.05, 0) is 57.6 Å². The highest BCUT2D eigenvalue weighted by molar-refractivity contribution is 5.79. The Morgan fingerprint density at radius 1 is 1.17 bits per heavy atom. The van der Waals surface area contributed by atoms with Gasteiger partial charge in [-0.1, -0.05) is 32.0 Å². The Balaban J connectivity index is 2.11. The highest BCUT2D eigenvalue weighted by Crippen LogP contribution is 2.19. The number of aryl methyl sites for hydroxylation is 1. The van der Waals surface area contributed by atoms with Crippen LogP contribution in [0, 0.1) is 25.7 Å². The molecule has 0 saturated carbocycles. The van der Waals surface area contributed by atoms with E-state index in [0.717, 1.165) is 54.5 Å². The third-order valence-corrected chi connectivity index (χ3v) is 5.08. The Labute approximate surface area is 175 Å². The lowest BCUT2D eigenvalue weighted by molar-refractivity contribution is 0.243. The number of benzene rings is 1. The van der Waals surface area contributed by atoms with Gasteiger partial charge in [0.1, 0.15) is 0 Å². The number of nitrogens with one attached hydrogen (secondary N) is 2. The highest BCUT2D eigenvalue weighted by Gasteiger charge is 2.14. The monoisotopic (exact) mass is 399 g/mol. The molecule has 3 N–H and O–H groups in total. The molecule has 1 aromatic carbocycles. The first-order valence-electron chi connectivity index (χ1n) is 10.7. The molecule has 160 valence electrons. The number of guanidine groups is 1. The van der Waals surface area contributed by atoms with Crippen molar-refractivity contribution in [2.24, 2.45) is 16.8 Å². The van der Waals surface area contributed by atoms with Crippen LogP contribution in [0.3, 0.4) is 0 Å². The molecule has 6 nitrogen and oxygen atoms in total. The first-order valence-corrected chi connectivity index (χ1v) is 10.7. The smallest absolute Gasteiger partial charge is 0.191 e. The summed E-state index contributed by atoms with van der Waals surface area (Å²) in [6.07, 6.45) is 1.90. The molecule has 0 bridgehead atoms. The lowest BCUT2D eigenvalue weighted by atomic mass is 9.94. The minimum atomic E-state index is 0.226. The highest BCUT2D eigenvalue weighted by atomic mass is 16.3. The summed E-state index contributed by atoms with van der Waals surface area (Å²) < 4.78 is 1.99. The zero-order valence-corrected chi connectivity index (χ0v) is 18.6. The van der Waals surface area contributed by atoms with Gasteiger partial charge in [0.15, 0.2) is 5.96 Å². The van der Waals surface area contributed by atoms with Crippen LogP contribution in [0.25, 0.3) is 5.69 Å². The molecule has 0 saturated heterocycles. The predicted octanol–water partition coefficient (Wildman–Crippen LogP) is 3.59. The molecule has 1 atom stereocenters. The van der Waals surface area contributed by atoms with Crippen molar-refractivity contribution in [3.8, 4) is 5.69 Å². The van der Waals surface area contributed by atoms with E-state index < -0.39 is 0 Å². The number of hydrogen-bond acceptors (Lipinski definition) is 3. The first kappa shape index (κ1) is 22.9. The van der Waals surface area contributed by atoms with Crippen LogP contribution in [0.15, 0.2) is 35.3 Å². The number of rotatable bonds is 10. The SMILES string of the molecule is CCNC(=NCc1c(C)nn(-c2ccccc2)c1C)NCC(CCO)CC(C)C. The summed E-state index contributed by atoms with van der Waals surface area (Å²) in [6.45, 7) is 13.1. The largest absolute Gasteiger partial charge is 0.396 e. The van der Waals surface area contributed by atoms with Crippen LogP contribution < -0.4 is 10.6 Å². The summed E-state index contributed by atoms with van der Waals surface area (Å²) in [5, 5.41) is 20.8. The second-order valence-corrected chi connectivity index (χ2v) is 7.98. The van der Waals surface area contributed by atoms with Gasteiger partial charge in [-0.2, -0.15) is 5.10 Å². The maximum atomic E-state index is 9.34. The molecule has 0 spiro atoms. The van der Waals surface area contributed by atoms with Gasteiger partial charge in [0.05, 0.1) is 17.9 Å². The quantitative estimate of drug-likeness (QED) is 0.422.